The van der Waals surface area contributed by atoms with Gasteiger partial charge in [-0.2, -0.15) is 0 Å². The smallest absolute Gasteiger partial charge is 0.242 e. The van der Waals surface area contributed by atoms with Crippen molar-refractivity contribution in [2.75, 3.05) is 11.9 Å². The minimum atomic E-state index is -0.0945. The van der Waals surface area contributed by atoms with Crippen LogP contribution in [-0.2, 0) is 10.2 Å². The number of hydrogen-bond donors (Lipinski definition) is 2. The number of carbonyl (C=O) groups excluding carboxylic acids is 1. The van der Waals surface area contributed by atoms with Gasteiger partial charge in [-0.1, -0.05) is 32.9 Å². The average molecular weight is 260 g/mol. The van der Waals surface area contributed by atoms with Gasteiger partial charge >= 0.3 is 0 Å². The Labute approximate surface area is 115 Å². The van der Waals surface area contributed by atoms with E-state index >= 15 is 0 Å². The molecule has 19 heavy (non-hydrogen) atoms. The van der Waals surface area contributed by atoms with Crippen LogP contribution < -0.4 is 10.6 Å². The minimum absolute atomic E-state index is 0.0945. The molecule has 0 aromatic heterocycles. The van der Waals surface area contributed by atoms with Crippen LogP contribution in [-0.4, -0.2) is 18.5 Å². The lowest BCUT2D eigenvalue weighted by atomic mass is 9.87. The lowest BCUT2D eigenvalue weighted by molar-refractivity contribution is -0.121. The van der Waals surface area contributed by atoms with Gasteiger partial charge in [0.15, 0.2) is 0 Å². The highest BCUT2D eigenvalue weighted by Gasteiger charge is 2.20. The summed E-state index contributed by atoms with van der Waals surface area (Å²) in [6.45, 7) is 7.41. The molecule has 0 aliphatic carbocycles. The molecule has 1 aromatic rings. The number of benzene rings is 1. The molecule has 1 atom stereocenters. The summed E-state index contributed by atoms with van der Waals surface area (Å²) >= 11 is 0. The van der Waals surface area contributed by atoms with E-state index in [-0.39, 0.29) is 17.4 Å². The molecule has 1 unspecified atom stereocenters. The number of nitrogens with one attached hydrogen (secondary N) is 2. The monoisotopic (exact) mass is 260 g/mol. The molecule has 104 valence electrons. The predicted molar refractivity (Wildman–Crippen MR) is 79.4 cm³/mol. The Morgan fingerprint density at radius 1 is 1.16 bits per heavy atom. The van der Waals surface area contributed by atoms with Crippen molar-refractivity contribution in [1.82, 2.24) is 5.32 Å². The summed E-state index contributed by atoms with van der Waals surface area (Å²) in [5.74, 6) is 0.123. The molecule has 1 aliphatic heterocycles. The lowest BCUT2D eigenvalue weighted by Crippen LogP contribution is -2.37. The van der Waals surface area contributed by atoms with Crippen LogP contribution in [0, 0.1) is 0 Å². The van der Waals surface area contributed by atoms with E-state index in [1.165, 1.54) is 5.56 Å². The van der Waals surface area contributed by atoms with Gasteiger partial charge < -0.3 is 10.6 Å². The largest absolute Gasteiger partial charge is 0.374 e. The maximum Gasteiger partial charge on any atom is 0.242 e. The fraction of sp³-hybridized carbons (Fsp3) is 0.562. The van der Waals surface area contributed by atoms with Crippen LogP contribution in [0.25, 0.3) is 0 Å². The maximum atomic E-state index is 11.9. The quantitative estimate of drug-likeness (QED) is 0.858. The van der Waals surface area contributed by atoms with Gasteiger partial charge in [-0.15, -0.1) is 0 Å². The van der Waals surface area contributed by atoms with Crippen LogP contribution in [0.15, 0.2) is 24.3 Å². The average Bonchev–Trinajstić information content (AvgIpc) is 2.55. The highest BCUT2D eigenvalue weighted by atomic mass is 16.2. The first-order valence-electron chi connectivity index (χ1n) is 7.11. The van der Waals surface area contributed by atoms with Crippen molar-refractivity contribution < 1.29 is 4.79 Å². The zero-order chi connectivity index (χ0) is 13.9. The number of anilines is 1. The molecule has 0 saturated carbocycles. The van der Waals surface area contributed by atoms with Crippen LogP contribution in [0.2, 0.25) is 0 Å². The summed E-state index contributed by atoms with van der Waals surface area (Å²) in [6, 6.07) is 8.31. The second-order valence-electron chi connectivity index (χ2n) is 6.31. The van der Waals surface area contributed by atoms with Crippen molar-refractivity contribution in [3.8, 4) is 0 Å². The Hall–Kier alpha value is -1.51. The SMILES string of the molecule is CC(C)(C)c1ccc(NC2CCCCNC2=O)cc1. The molecule has 1 saturated heterocycles. The first-order chi connectivity index (χ1) is 8.97. The molecule has 1 fully saturated rings. The molecule has 1 aliphatic rings. The van der Waals surface area contributed by atoms with Gasteiger partial charge in [0.2, 0.25) is 5.91 Å². The van der Waals surface area contributed by atoms with E-state index < -0.39 is 0 Å². The number of rotatable bonds is 2. The first kappa shape index (κ1) is 13.9. The molecular weight excluding hydrogens is 236 g/mol. The molecule has 0 spiro atoms. The molecule has 2 rings (SSSR count). The van der Waals surface area contributed by atoms with E-state index in [0.717, 1.165) is 31.5 Å². The van der Waals surface area contributed by atoms with E-state index in [9.17, 15) is 4.79 Å². The zero-order valence-corrected chi connectivity index (χ0v) is 12.1. The van der Waals surface area contributed by atoms with Crippen LogP contribution >= 0.6 is 0 Å². The van der Waals surface area contributed by atoms with Gasteiger partial charge in [-0.3, -0.25) is 4.79 Å². The molecule has 1 aromatic carbocycles. The summed E-state index contributed by atoms with van der Waals surface area (Å²) in [5, 5.41) is 6.29. The summed E-state index contributed by atoms with van der Waals surface area (Å²) < 4.78 is 0. The van der Waals surface area contributed by atoms with E-state index in [0.29, 0.717) is 0 Å². The van der Waals surface area contributed by atoms with Crippen molar-refractivity contribution in [3.63, 3.8) is 0 Å². The van der Waals surface area contributed by atoms with E-state index in [2.05, 4.69) is 55.7 Å². The van der Waals surface area contributed by atoms with Crippen molar-refractivity contribution in [2.45, 2.75) is 51.5 Å². The van der Waals surface area contributed by atoms with Crippen LogP contribution in [0.1, 0.15) is 45.6 Å². The summed E-state index contributed by atoms with van der Waals surface area (Å²) in [7, 11) is 0. The highest BCUT2D eigenvalue weighted by Crippen LogP contribution is 2.24. The molecule has 2 N–H and O–H groups in total. The second kappa shape index (κ2) is 5.64. The third-order valence-corrected chi connectivity index (χ3v) is 3.63. The number of amides is 1. The maximum absolute atomic E-state index is 11.9. The Morgan fingerprint density at radius 2 is 1.84 bits per heavy atom. The standard InChI is InChI=1S/C16H24N2O/c1-16(2,3)12-7-9-13(10-8-12)18-14-6-4-5-11-17-15(14)19/h7-10,14,18H,4-6,11H2,1-3H3,(H,17,19). The van der Waals surface area contributed by atoms with Gasteiger partial charge in [-0.25, -0.2) is 0 Å². The summed E-state index contributed by atoms with van der Waals surface area (Å²) in [6.07, 6.45) is 3.08. The van der Waals surface area contributed by atoms with E-state index in [4.69, 9.17) is 0 Å². The molecule has 1 amide bonds. The Balaban J connectivity index is 2.04. The van der Waals surface area contributed by atoms with Crippen LogP contribution in [0.5, 0.6) is 0 Å². The Kier molecular flexibility index (Phi) is 4.13. The third kappa shape index (κ3) is 3.72. The molecule has 1 heterocycles. The van der Waals surface area contributed by atoms with E-state index in [1.54, 1.807) is 0 Å². The number of carbonyl (C=O) groups is 1. The topological polar surface area (TPSA) is 41.1 Å². The van der Waals surface area contributed by atoms with Gasteiger partial charge in [-0.05, 0) is 42.4 Å². The zero-order valence-electron chi connectivity index (χ0n) is 12.1. The van der Waals surface area contributed by atoms with Crippen molar-refractivity contribution in [2.24, 2.45) is 0 Å². The summed E-state index contributed by atoms with van der Waals surface area (Å²) in [4.78, 5) is 11.9. The summed E-state index contributed by atoms with van der Waals surface area (Å²) in [5.41, 5.74) is 2.50. The van der Waals surface area contributed by atoms with Crippen molar-refractivity contribution in [3.05, 3.63) is 29.8 Å². The van der Waals surface area contributed by atoms with Gasteiger partial charge in [0.25, 0.3) is 0 Å². The van der Waals surface area contributed by atoms with Crippen molar-refractivity contribution in [1.29, 1.82) is 0 Å². The third-order valence-electron chi connectivity index (χ3n) is 3.63. The second-order valence-corrected chi connectivity index (χ2v) is 6.31. The van der Waals surface area contributed by atoms with Crippen molar-refractivity contribution >= 4 is 11.6 Å². The Morgan fingerprint density at radius 3 is 2.47 bits per heavy atom. The molecule has 3 heteroatoms. The molecule has 0 bridgehead atoms. The van der Waals surface area contributed by atoms with Gasteiger partial charge in [0.05, 0.1) is 0 Å². The van der Waals surface area contributed by atoms with Crippen LogP contribution in [0.3, 0.4) is 0 Å². The van der Waals surface area contributed by atoms with Crippen LogP contribution in [0.4, 0.5) is 5.69 Å². The normalized spacial score (nSPS) is 20.6. The van der Waals surface area contributed by atoms with E-state index in [1.807, 2.05) is 0 Å². The number of hydrogen-bond acceptors (Lipinski definition) is 2. The molecule has 0 radical (unpaired) electrons. The lowest BCUT2D eigenvalue weighted by Gasteiger charge is -2.21. The highest BCUT2D eigenvalue weighted by molar-refractivity contribution is 5.84. The predicted octanol–water partition coefficient (Wildman–Crippen LogP) is 3.06. The van der Waals surface area contributed by atoms with Gasteiger partial charge in [0, 0.05) is 12.2 Å². The first-order valence-corrected chi connectivity index (χ1v) is 7.11. The molecular formula is C16H24N2O. The minimum Gasteiger partial charge on any atom is -0.374 e. The molecule has 3 nitrogen and oxygen atoms in total. The Bertz CT molecular complexity index is 431. The fourth-order valence-electron chi connectivity index (χ4n) is 2.34. The fourth-order valence-corrected chi connectivity index (χ4v) is 2.34. The van der Waals surface area contributed by atoms with Gasteiger partial charge in [0.1, 0.15) is 6.04 Å².